The maximum atomic E-state index is 12.1. The van der Waals surface area contributed by atoms with Crippen molar-refractivity contribution >= 4 is 47.4 Å². The van der Waals surface area contributed by atoms with Crippen LogP contribution in [0.5, 0.6) is 5.75 Å². The molecule has 0 unspecified atom stereocenters. The highest BCUT2D eigenvalue weighted by molar-refractivity contribution is 14.0. The standard InChI is InChI=1S/C19H24ClN5O2.HI/c1-21-19(23-9-8-14-6-7-17(20)25-13-14)24-11-10-22-18(26)15-4-3-5-16(12-15)27-2;/h3-7,12-13H,8-11H2,1-2H3,(H,22,26)(H2,21,23,24);1H. The quantitative estimate of drug-likeness (QED) is 0.165. The molecule has 0 bridgehead atoms. The van der Waals surface area contributed by atoms with E-state index in [1.54, 1.807) is 50.7 Å². The van der Waals surface area contributed by atoms with Gasteiger partial charge in [-0.2, -0.15) is 0 Å². The number of carbonyl (C=O) groups excluding carboxylic acids is 1. The molecule has 1 heterocycles. The van der Waals surface area contributed by atoms with Crippen molar-refractivity contribution in [2.45, 2.75) is 6.42 Å². The van der Waals surface area contributed by atoms with Crippen LogP contribution in [-0.4, -0.2) is 50.6 Å². The predicted molar refractivity (Wildman–Crippen MR) is 123 cm³/mol. The van der Waals surface area contributed by atoms with E-state index in [-0.39, 0.29) is 29.9 Å². The van der Waals surface area contributed by atoms with Crippen LogP contribution in [0, 0.1) is 0 Å². The number of amides is 1. The van der Waals surface area contributed by atoms with E-state index in [0.717, 1.165) is 12.0 Å². The van der Waals surface area contributed by atoms with Crippen LogP contribution in [0.3, 0.4) is 0 Å². The zero-order valence-electron chi connectivity index (χ0n) is 15.9. The first-order valence-electron chi connectivity index (χ1n) is 8.59. The fourth-order valence-electron chi connectivity index (χ4n) is 2.32. The van der Waals surface area contributed by atoms with Gasteiger partial charge in [0.2, 0.25) is 0 Å². The highest BCUT2D eigenvalue weighted by atomic mass is 127. The second kappa shape index (κ2) is 13.2. The van der Waals surface area contributed by atoms with Gasteiger partial charge in [-0.25, -0.2) is 4.98 Å². The van der Waals surface area contributed by atoms with E-state index in [1.807, 2.05) is 6.07 Å². The second-order valence-corrected chi connectivity index (χ2v) is 6.04. The zero-order chi connectivity index (χ0) is 19.5. The van der Waals surface area contributed by atoms with Gasteiger partial charge in [-0.05, 0) is 36.2 Å². The number of pyridine rings is 1. The van der Waals surface area contributed by atoms with Gasteiger partial charge in [-0.1, -0.05) is 23.7 Å². The molecule has 9 heteroatoms. The molecular formula is C19H25ClIN5O2. The third-order valence-electron chi connectivity index (χ3n) is 3.75. The molecule has 2 aromatic rings. The van der Waals surface area contributed by atoms with Gasteiger partial charge in [-0.15, -0.1) is 24.0 Å². The largest absolute Gasteiger partial charge is 0.497 e. The van der Waals surface area contributed by atoms with Gasteiger partial charge in [0.05, 0.1) is 7.11 Å². The van der Waals surface area contributed by atoms with Crippen molar-refractivity contribution in [2.75, 3.05) is 33.8 Å². The fraction of sp³-hybridized carbons (Fsp3) is 0.316. The van der Waals surface area contributed by atoms with Crippen molar-refractivity contribution in [2.24, 2.45) is 4.99 Å². The summed E-state index contributed by atoms with van der Waals surface area (Å²) in [5.74, 6) is 1.18. The molecule has 1 amide bonds. The van der Waals surface area contributed by atoms with Crippen molar-refractivity contribution < 1.29 is 9.53 Å². The van der Waals surface area contributed by atoms with Crippen molar-refractivity contribution in [1.82, 2.24) is 20.9 Å². The van der Waals surface area contributed by atoms with Crippen LogP contribution in [0.25, 0.3) is 0 Å². The predicted octanol–water partition coefficient (Wildman–Crippen LogP) is 2.50. The minimum absolute atomic E-state index is 0. The maximum absolute atomic E-state index is 12.1. The Morgan fingerprint density at radius 1 is 1.14 bits per heavy atom. The summed E-state index contributed by atoms with van der Waals surface area (Å²) >= 11 is 5.77. The molecular weight excluding hydrogens is 493 g/mol. The molecule has 152 valence electrons. The molecule has 0 saturated carbocycles. The Morgan fingerprint density at radius 3 is 2.57 bits per heavy atom. The summed E-state index contributed by atoms with van der Waals surface area (Å²) < 4.78 is 5.13. The van der Waals surface area contributed by atoms with E-state index < -0.39 is 0 Å². The maximum Gasteiger partial charge on any atom is 0.251 e. The lowest BCUT2D eigenvalue weighted by Gasteiger charge is -2.12. The molecule has 0 radical (unpaired) electrons. The Bertz CT molecular complexity index is 771. The number of aliphatic imine (C=N–C) groups is 1. The number of rotatable bonds is 8. The van der Waals surface area contributed by atoms with Crippen LogP contribution in [-0.2, 0) is 6.42 Å². The first-order valence-corrected chi connectivity index (χ1v) is 8.97. The van der Waals surface area contributed by atoms with Crippen molar-refractivity contribution in [3.8, 4) is 5.75 Å². The molecule has 1 aromatic heterocycles. The Labute approximate surface area is 187 Å². The summed E-state index contributed by atoms with van der Waals surface area (Å²) in [6.45, 7) is 1.73. The molecule has 0 saturated heterocycles. The van der Waals surface area contributed by atoms with E-state index in [1.165, 1.54) is 0 Å². The number of aromatic nitrogens is 1. The SMILES string of the molecule is CN=C(NCCNC(=O)c1cccc(OC)c1)NCCc1ccc(Cl)nc1.I. The van der Waals surface area contributed by atoms with E-state index in [0.29, 0.717) is 42.1 Å². The lowest BCUT2D eigenvalue weighted by Crippen LogP contribution is -2.42. The lowest BCUT2D eigenvalue weighted by atomic mass is 10.2. The summed E-state index contributed by atoms with van der Waals surface area (Å²) in [6.07, 6.45) is 2.56. The normalized spacial score (nSPS) is 10.6. The molecule has 28 heavy (non-hydrogen) atoms. The van der Waals surface area contributed by atoms with Crippen LogP contribution in [0.1, 0.15) is 15.9 Å². The number of benzene rings is 1. The van der Waals surface area contributed by atoms with Gasteiger partial charge in [0.25, 0.3) is 5.91 Å². The van der Waals surface area contributed by atoms with Crippen LogP contribution in [0.4, 0.5) is 0 Å². The van der Waals surface area contributed by atoms with Crippen LogP contribution < -0.4 is 20.7 Å². The number of halogens is 2. The van der Waals surface area contributed by atoms with Crippen LogP contribution in [0.2, 0.25) is 5.15 Å². The molecule has 0 aliphatic carbocycles. The number of guanidine groups is 1. The topological polar surface area (TPSA) is 87.6 Å². The van der Waals surface area contributed by atoms with E-state index in [9.17, 15) is 4.79 Å². The summed E-state index contributed by atoms with van der Waals surface area (Å²) in [4.78, 5) is 20.3. The Kier molecular flexibility index (Phi) is 11.3. The molecule has 1 aromatic carbocycles. The van der Waals surface area contributed by atoms with Crippen molar-refractivity contribution in [1.29, 1.82) is 0 Å². The van der Waals surface area contributed by atoms with E-state index in [2.05, 4.69) is 25.9 Å². The third kappa shape index (κ3) is 8.30. The molecule has 0 aliphatic rings. The number of nitrogens with zero attached hydrogens (tertiary/aromatic N) is 2. The lowest BCUT2D eigenvalue weighted by molar-refractivity contribution is 0.0954. The van der Waals surface area contributed by atoms with Crippen molar-refractivity contribution in [3.63, 3.8) is 0 Å². The number of carbonyl (C=O) groups is 1. The Balaban J connectivity index is 0.00000392. The number of nitrogens with one attached hydrogen (secondary N) is 3. The molecule has 7 nitrogen and oxygen atoms in total. The summed E-state index contributed by atoms with van der Waals surface area (Å²) in [7, 11) is 3.27. The van der Waals surface area contributed by atoms with Gasteiger partial charge < -0.3 is 20.7 Å². The number of methoxy groups -OCH3 is 1. The first kappa shape index (κ1) is 24.0. The van der Waals surface area contributed by atoms with Crippen LogP contribution in [0.15, 0.2) is 47.6 Å². The highest BCUT2D eigenvalue weighted by Gasteiger charge is 2.06. The minimum Gasteiger partial charge on any atom is -0.497 e. The molecule has 2 rings (SSSR count). The van der Waals surface area contributed by atoms with Gasteiger partial charge in [0.15, 0.2) is 5.96 Å². The van der Waals surface area contributed by atoms with Gasteiger partial charge in [-0.3, -0.25) is 9.79 Å². The van der Waals surface area contributed by atoms with Gasteiger partial charge >= 0.3 is 0 Å². The molecule has 0 fully saturated rings. The smallest absolute Gasteiger partial charge is 0.251 e. The molecule has 0 atom stereocenters. The third-order valence-corrected chi connectivity index (χ3v) is 3.98. The van der Waals surface area contributed by atoms with Gasteiger partial charge in [0, 0.05) is 38.4 Å². The Hall–Kier alpha value is -2.07. The monoisotopic (exact) mass is 517 g/mol. The average molecular weight is 518 g/mol. The summed E-state index contributed by atoms with van der Waals surface area (Å²) in [5.41, 5.74) is 1.65. The van der Waals surface area contributed by atoms with Crippen molar-refractivity contribution in [3.05, 3.63) is 58.9 Å². The van der Waals surface area contributed by atoms with Crippen LogP contribution >= 0.6 is 35.6 Å². The second-order valence-electron chi connectivity index (χ2n) is 5.65. The Morgan fingerprint density at radius 2 is 1.89 bits per heavy atom. The summed E-state index contributed by atoms with van der Waals surface area (Å²) in [6, 6.07) is 10.8. The number of hydrogen-bond donors (Lipinski definition) is 3. The number of ether oxygens (including phenoxy) is 1. The number of hydrogen-bond acceptors (Lipinski definition) is 4. The minimum atomic E-state index is -0.145. The molecule has 0 aliphatic heterocycles. The van der Waals surface area contributed by atoms with E-state index in [4.69, 9.17) is 16.3 Å². The molecule has 3 N–H and O–H groups in total. The summed E-state index contributed by atoms with van der Waals surface area (Å²) in [5, 5.41) is 9.72. The average Bonchev–Trinajstić information content (AvgIpc) is 2.71. The molecule has 0 spiro atoms. The fourth-order valence-corrected chi connectivity index (χ4v) is 2.44. The zero-order valence-corrected chi connectivity index (χ0v) is 19.0. The first-order chi connectivity index (χ1) is 13.1. The highest BCUT2D eigenvalue weighted by Crippen LogP contribution is 2.12. The van der Waals surface area contributed by atoms with Gasteiger partial charge in [0.1, 0.15) is 10.9 Å². The van der Waals surface area contributed by atoms with E-state index >= 15 is 0 Å².